The van der Waals surface area contributed by atoms with E-state index in [-0.39, 0.29) is 27.9 Å². The van der Waals surface area contributed by atoms with Crippen molar-refractivity contribution in [3.8, 4) is 11.5 Å². The molecule has 36 heavy (non-hydrogen) atoms. The molecule has 1 unspecified atom stereocenters. The Balaban J connectivity index is 2.07. The lowest BCUT2D eigenvalue weighted by Crippen LogP contribution is -2.38. The lowest BCUT2D eigenvalue weighted by atomic mass is 10.1. The first-order valence-corrected chi connectivity index (χ1v) is 13.3. The van der Waals surface area contributed by atoms with Gasteiger partial charge in [-0.3, -0.25) is 4.79 Å². The summed E-state index contributed by atoms with van der Waals surface area (Å²) < 4.78 is 74.8. The van der Waals surface area contributed by atoms with Crippen LogP contribution >= 0.6 is 0 Å². The topological polar surface area (TPSA) is 113 Å². The molecule has 0 saturated carbocycles. The summed E-state index contributed by atoms with van der Waals surface area (Å²) in [4.78, 5) is 12.5. The number of alkyl halides is 3. The van der Waals surface area contributed by atoms with Gasteiger partial charge >= 0.3 is 6.18 Å². The number of hydrogen-bond donors (Lipinski definition) is 4. The molecule has 0 radical (unpaired) electrons. The minimum atomic E-state index is -4.59. The zero-order valence-electron chi connectivity index (χ0n) is 20.0. The highest BCUT2D eigenvalue weighted by Gasteiger charge is 2.30. The van der Waals surface area contributed by atoms with E-state index in [0.717, 1.165) is 18.9 Å². The van der Waals surface area contributed by atoms with Crippen molar-refractivity contribution in [3.05, 3.63) is 48.0 Å². The number of ether oxygens (including phenoxy) is 2. The molecule has 3 rings (SSSR count). The lowest BCUT2D eigenvalue weighted by molar-refractivity contribution is -0.123. The second-order valence-corrected chi connectivity index (χ2v) is 10.2. The second-order valence-electron chi connectivity index (χ2n) is 8.41. The molecule has 1 saturated heterocycles. The number of benzene rings is 2. The minimum absolute atomic E-state index is 0.0734. The lowest BCUT2D eigenvalue weighted by Gasteiger charge is -2.26. The molecule has 2 aromatic carbocycles. The maximum Gasteiger partial charge on any atom is 0.405 e. The van der Waals surface area contributed by atoms with E-state index in [0.29, 0.717) is 38.3 Å². The van der Waals surface area contributed by atoms with E-state index in [1.807, 2.05) is 12.2 Å². The zero-order chi connectivity index (χ0) is 26.2. The molecule has 1 aliphatic heterocycles. The van der Waals surface area contributed by atoms with E-state index in [1.54, 1.807) is 30.3 Å². The van der Waals surface area contributed by atoms with Crippen molar-refractivity contribution in [2.75, 3.05) is 31.6 Å². The molecule has 4 N–H and O–H groups in total. The Morgan fingerprint density at radius 2 is 1.89 bits per heavy atom. The maximum atomic E-state index is 13.7. The molecule has 1 aliphatic rings. The van der Waals surface area contributed by atoms with Crippen molar-refractivity contribution in [2.45, 2.75) is 49.7 Å². The van der Waals surface area contributed by atoms with Gasteiger partial charge in [-0.25, -0.2) is 13.7 Å². The SMILES string of the molecule is CCCCNc1cc(C(=O)NCC(F)(F)F)cc(S(=N)(=O)NC2CCOCC2)c1Oc1ccccc1. The van der Waals surface area contributed by atoms with Gasteiger partial charge in [0.05, 0.1) is 5.69 Å². The Bertz CT molecular complexity index is 1120. The predicted octanol–water partition coefficient (Wildman–Crippen LogP) is 5.07. The third-order valence-electron chi connectivity index (χ3n) is 5.44. The van der Waals surface area contributed by atoms with Gasteiger partial charge in [0, 0.05) is 31.4 Å². The number of halogens is 3. The fourth-order valence-electron chi connectivity index (χ4n) is 3.59. The Morgan fingerprint density at radius 3 is 2.53 bits per heavy atom. The molecule has 0 aliphatic carbocycles. The number of hydrogen-bond acceptors (Lipinski definition) is 6. The molecule has 0 spiro atoms. The molecule has 1 amide bonds. The molecular formula is C24H31F3N4O4S. The highest BCUT2D eigenvalue weighted by Crippen LogP contribution is 2.38. The summed E-state index contributed by atoms with van der Waals surface area (Å²) in [6.07, 6.45) is -1.89. The number of anilines is 1. The molecule has 1 heterocycles. The van der Waals surface area contributed by atoms with E-state index in [4.69, 9.17) is 14.3 Å². The number of amides is 1. The van der Waals surface area contributed by atoms with Gasteiger partial charge in [-0.2, -0.15) is 13.2 Å². The van der Waals surface area contributed by atoms with Crippen LogP contribution in [0.3, 0.4) is 0 Å². The van der Waals surface area contributed by atoms with Crippen molar-refractivity contribution < 1.29 is 31.6 Å². The van der Waals surface area contributed by atoms with Crippen LogP contribution in [0.1, 0.15) is 43.0 Å². The van der Waals surface area contributed by atoms with Crippen LogP contribution < -0.4 is 20.1 Å². The predicted molar refractivity (Wildman–Crippen MR) is 131 cm³/mol. The number of para-hydroxylation sites is 1. The number of carbonyl (C=O) groups is 1. The van der Waals surface area contributed by atoms with Crippen LogP contribution in [0.4, 0.5) is 18.9 Å². The summed E-state index contributed by atoms with van der Waals surface area (Å²) >= 11 is 0. The first-order valence-electron chi connectivity index (χ1n) is 11.7. The smallest absolute Gasteiger partial charge is 0.405 e. The molecule has 0 bridgehead atoms. The van der Waals surface area contributed by atoms with Crippen molar-refractivity contribution >= 4 is 21.5 Å². The number of rotatable bonds is 11. The van der Waals surface area contributed by atoms with Gasteiger partial charge in [-0.1, -0.05) is 31.5 Å². The van der Waals surface area contributed by atoms with Gasteiger partial charge in [0.1, 0.15) is 27.1 Å². The third kappa shape index (κ3) is 8.10. The fourth-order valence-corrected chi connectivity index (χ4v) is 5.12. The van der Waals surface area contributed by atoms with Crippen LogP contribution in [0.25, 0.3) is 0 Å². The molecule has 1 fully saturated rings. The summed E-state index contributed by atoms with van der Waals surface area (Å²) in [6.45, 7) is 1.85. The monoisotopic (exact) mass is 528 g/mol. The van der Waals surface area contributed by atoms with Gasteiger partial charge in [0.2, 0.25) is 0 Å². The van der Waals surface area contributed by atoms with Crippen molar-refractivity contribution in [3.63, 3.8) is 0 Å². The van der Waals surface area contributed by atoms with Crippen molar-refractivity contribution in [1.29, 1.82) is 4.78 Å². The Labute approximate surface area is 209 Å². The fraction of sp³-hybridized carbons (Fsp3) is 0.458. The highest BCUT2D eigenvalue weighted by molar-refractivity contribution is 7.90. The average molecular weight is 529 g/mol. The van der Waals surface area contributed by atoms with Gasteiger partial charge in [0.25, 0.3) is 5.91 Å². The van der Waals surface area contributed by atoms with E-state index >= 15 is 0 Å². The molecule has 12 heteroatoms. The van der Waals surface area contributed by atoms with Crippen LogP contribution in [0, 0.1) is 4.78 Å². The minimum Gasteiger partial charge on any atom is -0.454 e. The normalized spacial score (nSPS) is 16.2. The summed E-state index contributed by atoms with van der Waals surface area (Å²) in [6, 6.07) is 10.9. The Morgan fingerprint density at radius 1 is 1.19 bits per heavy atom. The van der Waals surface area contributed by atoms with E-state index in [2.05, 4.69) is 10.0 Å². The molecule has 2 aromatic rings. The standard InChI is InChI=1S/C24H31F3N4O4S/c1-2-3-11-29-20-14-17(23(32)30-16-24(25,26)27)15-21(22(20)35-19-7-5-4-6-8-19)36(28,33)31-18-9-12-34-13-10-18/h4-8,14-15,18,29H,2-3,9-13,16H2,1H3,(H,30,32)(H2,28,31,33). The van der Waals surface area contributed by atoms with Gasteiger partial charge < -0.3 is 20.1 Å². The van der Waals surface area contributed by atoms with Gasteiger partial charge in [0.15, 0.2) is 5.75 Å². The van der Waals surface area contributed by atoms with Gasteiger partial charge in [-0.05, 0) is 43.5 Å². The first kappa shape index (κ1) is 27.8. The van der Waals surface area contributed by atoms with E-state index in [1.165, 1.54) is 6.07 Å². The average Bonchev–Trinajstić information content (AvgIpc) is 2.84. The number of unbranched alkanes of at least 4 members (excludes halogenated alkanes) is 1. The van der Waals surface area contributed by atoms with Crippen molar-refractivity contribution in [1.82, 2.24) is 10.0 Å². The molecule has 198 valence electrons. The van der Waals surface area contributed by atoms with Crippen LogP contribution in [0.2, 0.25) is 0 Å². The summed E-state index contributed by atoms with van der Waals surface area (Å²) in [7, 11) is -3.74. The van der Waals surface area contributed by atoms with E-state index < -0.39 is 28.5 Å². The quantitative estimate of drug-likeness (QED) is 0.304. The molecular weight excluding hydrogens is 497 g/mol. The molecule has 1 atom stereocenters. The van der Waals surface area contributed by atoms with Crippen molar-refractivity contribution in [2.24, 2.45) is 0 Å². The largest absolute Gasteiger partial charge is 0.454 e. The first-order chi connectivity index (χ1) is 17.1. The third-order valence-corrected chi connectivity index (χ3v) is 7.03. The zero-order valence-corrected chi connectivity index (χ0v) is 20.8. The summed E-state index contributed by atoms with van der Waals surface area (Å²) in [5.41, 5.74) is 0.0955. The second kappa shape index (κ2) is 12.4. The van der Waals surface area contributed by atoms with Crippen LogP contribution in [0.5, 0.6) is 11.5 Å². The summed E-state index contributed by atoms with van der Waals surface area (Å²) in [5, 5.41) is 4.97. The maximum absolute atomic E-state index is 13.7. The highest BCUT2D eigenvalue weighted by atomic mass is 32.2. The molecule has 0 aromatic heterocycles. The van der Waals surface area contributed by atoms with Crippen LogP contribution in [-0.4, -0.2) is 48.6 Å². The van der Waals surface area contributed by atoms with E-state index in [9.17, 15) is 22.2 Å². The Hall–Kier alpha value is -2.83. The molecule has 8 nitrogen and oxygen atoms in total. The van der Waals surface area contributed by atoms with Gasteiger partial charge in [-0.15, -0.1) is 0 Å². The summed E-state index contributed by atoms with van der Waals surface area (Å²) in [5.74, 6) is -0.517. The Kier molecular flexibility index (Phi) is 9.57. The van der Waals surface area contributed by atoms with Crippen LogP contribution in [0.15, 0.2) is 47.4 Å². The van der Waals surface area contributed by atoms with Crippen LogP contribution in [-0.2, 0) is 14.7 Å². The number of carbonyl (C=O) groups excluding carboxylic acids is 1. The number of nitrogens with one attached hydrogen (secondary N) is 4.